The quantitative estimate of drug-likeness (QED) is 0.744. The van der Waals surface area contributed by atoms with Crippen molar-refractivity contribution in [2.24, 2.45) is 0 Å². The van der Waals surface area contributed by atoms with Gasteiger partial charge in [0.25, 0.3) is 5.91 Å². The monoisotopic (exact) mass is 378 g/mol. The van der Waals surface area contributed by atoms with Crippen molar-refractivity contribution in [3.8, 4) is 0 Å². The van der Waals surface area contributed by atoms with Crippen molar-refractivity contribution in [2.45, 2.75) is 23.8 Å². The Morgan fingerprint density at radius 1 is 1.20 bits per heavy atom. The summed E-state index contributed by atoms with van der Waals surface area (Å²) in [5.41, 5.74) is 0.918. The van der Waals surface area contributed by atoms with Crippen molar-refractivity contribution in [1.29, 1.82) is 0 Å². The Bertz CT molecular complexity index is 811. The lowest BCUT2D eigenvalue weighted by Crippen LogP contribution is -2.27. The number of halogens is 2. The molecule has 0 unspecified atom stereocenters. The van der Waals surface area contributed by atoms with Gasteiger partial charge in [0.15, 0.2) is 0 Å². The van der Waals surface area contributed by atoms with Gasteiger partial charge in [-0.25, -0.2) is 4.39 Å². The Morgan fingerprint density at radius 2 is 1.96 bits per heavy atom. The third kappa shape index (κ3) is 4.96. The van der Waals surface area contributed by atoms with Crippen molar-refractivity contribution in [3.63, 3.8) is 0 Å². The van der Waals surface area contributed by atoms with E-state index >= 15 is 0 Å². The predicted molar refractivity (Wildman–Crippen MR) is 97.7 cm³/mol. The van der Waals surface area contributed by atoms with Crippen molar-refractivity contribution < 1.29 is 14.0 Å². The minimum Gasteiger partial charge on any atom is -0.349 e. The van der Waals surface area contributed by atoms with Crippen LogP contribution in [0.2, 0.25) is 5.02 Å². The molecule has 7 heteroatoms. The number of para-hydroxylation sites is 1. The summed E-state index contributed by atoms with van der Waals surface area (Å²) in [6, 6.07) is 11.4. The maximum Gasteiger partial charge on any atom is 0.253 e. The van der Waals surface area contributed by atoms with Crippen LogP contribution < -0.4 is 10.6 Å². The fourth-order valence-electron chi connectivity index (χ4n) is 2.18. The number of rotatable bonds is 6. The molecule has 0 heterocycles. The average molecular weight is 379 g/mol. The molecule has 0 atom stereocenters. The van der Waals surface area contributed by atoms with Crippen LogP contribution in [0.15, 0.2) is 47.4 Å². The van der Waals surface area contributed by atoms with E-state index in [0.29, 0.717) is 16.1 Å². The molecule has 0 aliphatic heterocycles. The minimum atomic E-state index is -0.494. The molecule has 1 aliphatic rings. The van der Waals surface area contributed by atoms with Crippen LogP contribution in [-0.2, 0) is 4.79 Å². The van der Waals surface area contributed by atoms with Gasteiger partial charge in [0.05, 0.1) is 22.0 Å². The zero-order valence-electron chi connectivity index (χ0n) is 13.2. The molecule has 1 saturated carbocycles. The first-order valence-electron chi connectivity index (χ1n) is 7.80. The van der Waals surface area contributed by atoms with Crippen LogP contribution in [-0.4, -0.2) is 23.6 Å². The summed E-state index contributed by atoms with van der Waals surface area (Å²) in [5.74, 6) is -0.805. The summed E-state index contributed by atoms with van der Waals surface area (Å²) in [7, 11) is 0. The molecule has 0 radical (unpaired) electrons. The second-order valence-corrected chi connectivity index (χ2v) is 7.16. The minimum absolute atomic E-state index is 0.0208. The Labute approximate surface area is 154 Å². The normalized spacial score (nSPS) is 13.4. The summed E-state index contributed by atoms with van der Waals surface area (Å²) in [4.78, 5) is 25.1. The SMILES string of the molecule is O=C(CSc1ccc(F)c(Cl)c1)Nc1ccccc1C(=O)NC1CC1. The Kier molecular flexibility index (Phi) is 5.60. The van der Waals surface area contributed by atoms with Gasteiger partial charge >= 0.3 is 0 Å². The van der Waals surface area contributed by atoms with E-state index in [1.54, 1.807) is 30.3 Å². The van der Waals surface area contributed by atoms with Gasteiger partial charge in [-0.05, 0) is 43.2 Å². The number of carbonyl (C=O) groups excluding carboxylic acids is 2. The number of anilines is 1. The van der Waals surface area contributed by atoms with E-state index in [4.69, 9.17) is 11.6 Å². The van der Waals surface area contributed by atoms with E-state index in [1.165, 1.54) is 23.9 Å². The summed E-state index contributed by atoms with van der Waals surface area (Å²) in [5, 5.41) is 5.68. The molecule has 3 rings (SSSR count). The summed E-state index contributed by atoms with van der Waals surface area (Å²) < 4.78 is 13.1. The molecule has 0 bridgehead atoms. The number of nitrogens with one attached hydrogen (secondary N) is 2. The lowest BCUT2D eigenvalue weighted by atomic mass is 10.1. The molecule has 25 heavy (non-hydrogen) atoms. The number of amides is 2. The van der Waals surface area contributed by atoms with E-state index in [1.807, 2.05) is 0 Å². The third-order valence-corrected chi connectivity index (χ3v) is 4.90. The van der Waals surface area contributed by atoms with Crippen LogP contribution >= 0.6 is 23.4 Å². The van der Waals surface area contributed by atoms with Crippen LogP contribution in [0, 0.1) is 5.82 Å². The number of benzene rings is 2. The molecule has 2 amide bonds. The molecule has 0 aromatic heterocycles. The van der Waals surface area contributed by atoms with Gasteiger partial charge in [0.2, 0.25) is 5.91 Å². The number of hydrogen-bond donors (Lipinski definition) is 2. The van der Waals surface area contributed by atoms with Gasteiger partial charge < -0.3 is 10.6 Å². The molecule has 4 nitrogen and oxygen atoms in total. The highest BCUT2D eigenvalue weighted by molar-refractivity contribution is 8.00. The van der Waals surface area contributed by atoms with Gasteiger partial charge in [-0.3, -0.25) is 9.59 Å². The van der Waals surface area contributed by atoms with Crippen LogP contribution in [0.5, 0.6) is 0 Å². The van der Waals surface area contributed by atoms with Crippen molar-refractivity contribution in [2.75, 3.05) is 11.1 Å². The van der Waals surface area contributed by atoms with Crippen LogP contribution in [0.1, 0.15) is 23.2 Å². The molecular weight excluding hydrogens is 363 g/mol. The highest BCUT2D eigenvalue weighted by atomic mass is 35.5. The first kappa shape index (κ1) is 17.8. The van der Waals surface area contributed by atoms with E-state index in [0.717, 1.165) is 12.8 Å². The maximum atomic E-state index is 13.1. The standard InChI is InChI=1S/C18H16ClFN2O2S/c19-14-9-12(7-8-15(14)20)25-10-17(23)22-16-4-2-1-3-13(16)18(24)21-11-5-6-11/h1-4,7-9,11H,5-6,10H2,(H,21,24)(H,22,23). The smallest absolute Gasteiger partial charge is 0.253 e. The predicted octanol–water partition coefficient (Wildman–Crippen LogP) is 4.10. The fourth-order valence-corrected chi connectivity index (χ4v) is 3.16. The van der Waals surface area contributed by atoms with E-state index in [2.05, 4.69) is 10.6 Å². The van der Waals surface area contributed by atoms with Crippen LogP contribution in [0.3, 0.4) is 0 Å². The Morgan fingerprint density at radius 3 is 2.68 bits per heavy atom. The van der Waals surface area contributed by atoms with Gasteiger partial charge in [0.1, 0.15) is 5.82 Å². The Hall–Kier alpha value is -2.05. The number of thioether (sulfide) groups is 1. The second kappa shape index (κ2) is 7.89. The van der Waals surface area contributed by atoms with Gasteiger partial charge in [-0.15, -0.1) is 11.8 Å². The van der Waals surface area contributed by atoms with Gasteiger partial charge in [0, 0.05) is 10.9 Å². The topological polar surface area (TPSA) is 58.2 Å². The van der Waals surface area contributed by atoms with E-state index in [9.17, 15) is 14.0 Å². The highest BCUT2D eigenvalue weighted by Gasteiger charge is 2.25. The lowest BCUT2D eigenvalue weighted by Gasteiger charge is -2.11. The second-order valence-electron chi connectivity index (χ2n) is 5.71. The molecule has 1 fully saturated rings. The first-order chi connectivity index (χ1) is 12.0. The van der Waals surface area contributed by atoms with Crippen molar-refractivity contribution in [3.05, 3.63) is 58.9 Å². The molecule has 2 aromatic carbocycles. The maximum absolute atomic E-state index is 13.1. The zero-order chi connectivity index (χ0) is 17.8. The molecule has 1 aliphatic carbocycles. The van der Waals surface area contributed by atoms with Crippen LogP contribution in [0.4, 0.5) is 10.1 Å². The van der Waals surface area contributed by atoms with Crippen LogP contribution in [0.25, 0.3) is 0 Å². The summed E-state index contributed by atoms with van der Waals surface area (Å²) in [6.07, 6.45) is 1.99. The molecule has 0 spiro atoms. The lowest BCUT2D eigenvalue weighted by molar-refractivity contribution is -0.113. The fraction of sp³-hybridized carbons (Fsp3) is 0.222. The molecular formula is C18H16ClFN2O2S. The molecule has 0 saturated heterocycles. The Balaban J connectivity index is 1.60. The van der Waals surface area contributed by atoms with E-state index in [-0.39, 0.29) is 28.6 Å². The molecule has 130 valence electrons. The van der Waals surface area contributed by atoms with E-state index < -0.39 is 5.82 Å². The average Bonchev–Trinajstić information content (AvgIpc) is 3.40. The summed E-state index contributed by atoms with van der Waals surface area (Å²) >= 11 is 6.97. The zero-order valence-corrected chi connectivity index (χ0v) is 14.8. The molecule has 2 aromatic rings. The molecule has 2 N–H and O–H groups in total. The number of carbonyl (C=O) groups is 2. The third-order valence-electron chi connectivity index (χ3n) is 3.62. The van der Waals surface area contributed by atoms with Crippen molar-refractivity contribution in [1.82, 2.24) is 5.32 Å². The summed E-state index contributed by atoms with van der Waals surface area (Å²) in [6.45, 7) is 0. The van der Waals surface area contributed by atoms with Crippen molar-refractivity contribution >= 4 is 40.9 Å². The van der Waals surface area contributed by atoms with Gasteiger partial charge in [-0.1, -0.05) is 23.7 Å². The van der Waals surface area contributed by atoms with Gasteiger partial charge in [-0.2, -0.15) is 0 Å². The number of hydrogen-bond acceptors (Lipinski definition) is 3. The largest absolute Gasteiger partial charge is 0.349 e. The first-order valence-corrected chi connectivity index (χ1v) is 9.17. The highest BCUT2D eigenvalue weighted by Crippen LogP contribution is 2.25.